The van der Waals surface area contributed by atoms with Crippen molar-refractivity contribution in [3.8, 4) is 0 Å². The van der Waals surface area contributed by atoms with Gasteiger partial charge in [-0.1, -0.05) is 156 Å². The van der Waals surface area contributed by atoms with Gasteiger partial charge in [-0.05, 0) is 44.4 Å². The van der Waals surface area contributed by atoms with Gasteiger partial charge in [0.25, 0.3) is 0 Å². The van der Waals surface area contributed by atoms with Crippen LogP contribution in [-0.4, -0.2) is 23.1 Å². The second kappa shape index (κ2) is 30.9. The third-order valence-corrected chi connectivity index (χ3v) is 8.26. The SMILES string of the molecule is CCCCCCC(CCCCCCCCCCC(=O)O)OC(=O)CCCCCCCCCCCCCCC(C)C. The number of carboxylic acids is 1. The van der Waals surface area contributed by atoms with Gasteiger partial charge in [0.2, 0.25) is 0 Å². The molecule has 238 valence electrons. The predicted molar refractivity (Wildman–Crippen MR) is 172 cm³/mol. The normalized spacial score (nSPS) is 12.2. The summed E-state index contributed by atoms with van der Waals surface area (Å²) in [5.74, 6) is 0.199. The molecule has 0 aromatic heterocycles. The van der Waals surface area contributed by atoms with Crippen molar-refractivity contribution < 1.29 is 19.4 Å². The molecular weight excluding hydrogens is 496 g/mol. The smallest absolute Gasteiger partial charge is 0.306 e. The third kappa shape index (κ3) is 31.5. The van der Waals surface area contributed by atoms with E-state index in [-0.39, 0.29) is 12.1 Å². The van der Waals surface area contributed by atoms with Gasteiger partial charge >= 0.3 is 11.9 Å². The summed E-state index contributed by atoms with van der Waals surface area (Å²) in [5, 5.41) is 8.70. The molecular formula is C36H70O4. The van der Waals surface area contributed by atoms with Crippen LogP contribution in [0, 0.1) is 5.92 Å². The Morgan fingerprint density at radius 3 is 1.25 bits per heavy atom. The molecule has 0 aliphatic heterocycles. The molecule has 0 spiro atoms. The van der Waals surface area contributed by atoms with Gasteiger partial charge in [-0.25, -0.2) is 0 Å². The number of ether oxygens (including phenoxy) is 1. The summed E-state index contributed by atoms with van der Waals surface area (Å²) in [6.07, 6.45) is 34.2. The summed E-state index contributed by atoms with van der Waals surface area (Å²) in [5.41, 5.74) is 0. The fourth-order valence-corrected chi connectivity index (χ4v) is 5.60. The van der Waals surface area contributed by atoms with E-state index in [0.717, 1.165) is 57.3 Å². The number of carbonyl (C=O) groups excluding carboxylic acids is 1. The number of carboxylic acid groups (broad SMARTS) is 1. The Kier molecular flexibility index (Phi) is 30.1. The lowest BCUT2D eigenvalue weighted by atomic mass is 10.0. The monoisotopic (exact) mass is 567 g/mol. The first kappa shape index (κ1) is 38.9. The fourth-order valence-electron chi connectivity index (χ4n) is 5.60. The first-order valence-electron chi connectivity index (χ1n) is 17.9. The minimum atomic E-state index is -0.681. The highest BCUT2D eigenvalue weighted by Crippen LogP contribution is 2.19. The minimum Gasteiger partial charge on any atom is -0.481 e. The van der Waals surface area contributed by atoms with Crippen LogP contribution in [-0.2, 0) is 14.3 Å². The summed E-state index contributed by atoms with van der Waals surface area (Å²) in [7, 11) is 0. The van der Waals surface area contributed by atoms with E-state index >= 15 is 0 Å². The Hall–Kier alpha value is -1.06. The van der Waals surface area contributed by atoms with Gasteiger partial charge in [-0.3, -0.25) is 9.59 Å². The number of aliphatic carboxylic acids is 1. The van der Waals surface area contributed by atoms with Crippen LogP contribution in [0.3, 0.4) is 0 Å². The summed E-state index contributed by atoms with van der Waals surface area (Å²) >= 11 is 0. The van der Waals surface area contributed by atoms with Gasteiger partial charge in [0.15, 0.2) is 0 Å². The Balaban J connectivity index is 3.78. The zero-order valence-corrected chi connectivity index (χ0v) is 27.3. The van der Waals surface area contributed by atoms with Crippen LogP contribution in [0.5, 0.6) is 0 Å². The van der Waals surface area contributed by atoms with Crippen LogP contribution >= 0.6 is 0 Å². The lowest BCUT2D eigenvalue weighted by Crippen LogP contribution is -2.18. The molecule has 40 heavy (non-hydrogen) atoms. The quantitative estimate of drug-likeness (QED) is 0.0649. The maximum absolute atomic E-state index is 12.5. The van der Waals surface area contributed by atoms with E-state index in [1.54, 1.807) is 0 Å². The van der Waals surface area contributed by atoms with Crippen molar-refractivity contribution in [2.75, 3.05) is 0 Å². The van der Waals surface area contributed by atoms with Crippen LogP contribution in [0.4, 0.5) is 0 Å². The van der Waals surface area contributed by atoms with Crippen molar-refractivity contribution in [3.63, 3.8) is 0 Å². The molecule has 1 N–H and O–H groups in total. The predicted octanol–water partition coefficient (Wildman–Crippen LogP) is 12.0. The van der Waals surface area contributed by atoms with E-state index in [9.17, 15) is 9.59 Å². The zero-order chi connectivity index (χ0) is 29.5. The molecule has 0 aliphatic carbocycles. The van der Waals surface area contributed by atoms with Crippen molar-refractivity contribution in [2.45, 2.75) is 213 Å². The van der Waals surface area contributed by atoms with Crippen LogP contribution in [0.25, 0.3) is 0 Å². The van der Waals surface area contributed by atoms with Gasteiger partial charge < -0.3 is 9.84 Å². The van der Waals surface area contributed by atoms with Crippen LogP contribution in [0.1, 0.15) is 207 Å². The molecule has 0 bridgehead atoms. The number of esters is 1. The first-order chi connectivity index (χ1) is 19.5. The molecule has 0 radical (unpaired) electrons. The van der Waals surface area contributed by atoms with E-state index in [4.69, 9.17) is 9.84 Å². The van der Waals surface area contributed by atoms with E-state index in [2.05, 4.69) is 20.8 Å². The largest absolute Gasteiger partial charge is 0.481 e. The highest BCUT2D eigenvalue weighted by molar-refractivity contribution is 5.69. The second-order valence-corrected chi connectivity index (χ2v) is 12.9. The van der Waals surface area contributed by atoms with Crippen LogP contribution in [0.2, 0.25) is 0 Å². The highest BCUT2D eigenvalue weighted by Gasteiger charge is 2.14. The molecule has 1 atom stereocenters. The zero-order valence-electron chi connectivity index (χ0n) is 27.3. The Labute approximate surface area is 250 Å². The summed E-state index contributed by atoms with van der Waals surface area (Å²) in [4.78, 5) is 23.1. The second-order valence-electron chi connectivity index (χ2n) is 12.9. The molecule has 0 saturated carbocycles. The molecule has 0 saturated heterocycles. The molecule has 0 aromatic carbocycles. The standard InChI is InChI=1S/C36H70O4/c1-4-5-6-24-29-34(30-25-20-16-13-14-17-21-26-31-35(37)38)40-36(39)32-27-22-18-12-10-8-7-9-11-15-19-23-28-33(2)3/h33-34H,4-32H2,1-3H3,(H,37,38). The maximum atomic E-state index is 12.5. The third-order valence-electron chi connectivity index (χ3n) is 8.26. The Bertz CT molecular complexity index is 545. The van der Waals surface area contributed by atoms with Crippen molar-refractivity contribution >= 4 is 11.9 Å². The van der Waals surface area contributed by atoms with Gasteiger partial charge in [0, 0.05) is 12.8 Å². The van der Waals surface area contributed by atoms with E-state index in [1.165, 1.54) is 122 Å². The number of hydrogen-bond donors (Lipinski definition) is 1. The summed E-state index contributed by atoms with van der Waals surface area (Å²) in [6, 6.07) is 0. The van der Waals surface area contributed by atoms with E-state index in [1.807, 2.05) is 0 Å². The molecule has 4 nitrogen and oxygen atoms in total. The number of rotatable bonds is 32. The number of carbonyl (C=O) groups is 2. The molecule has 0 aromatic rings. The maximum Gasteiger partial charge on any atom is 0.306 e. The average molecular weight is 567 g/mol. The lowest BCUT2D eigenvalue weighted by molar-refractivity contribution is -0.150. The molecule has 0 fully saturated rings. The topological polar surface area (TPSA) is 63.6 Å². The molecule has 0 amide bonds. The average Bonchev–Trinajstić information content (AvgIpc) is 2.91. The Morgan fingerprint density at radius 2 is 0.850 bits per heavy atom. The van der Waals surface area contributed by atoms with Crippen LogP contribution < -0.4 is 0 Å². The summed E-state index contributed by atoms with van der Waals surface area (Å²) in [6.45, 7) is 6.88. The van der Waals surface area contributed by atoms with Crippen molar-refractivity contribution in [1.29, 1.82) is 0 Å². The molecule has 0 rings (SSSR count). The fraction of sp³-hybridized carbons (Fsp3) is 0.944. The van der Waals surface area contributed by atoms with Gasteiger partial charge in [-0.2, -0.15) is 0 Å². The minimum absolute atomic E-state index is 0.0234. The van der Waals surface area contributed by atoms with Crippen LogP contribution in [0.15, 0.2) is 0 Å². The van der Waals surface area contributed by atoms with Crippen molar-refractivity contribution in [3.05, 3.63) is 0 Å². The molecule has 1 unspecified atom stereocenters. The van der Waals surface area contributed by atoms with Gasteiger partial charge in [-0.15, -0.1) is 0 Å². The Morgan fingerprint density at radius 1 is 0.500 bits per heavy atom. The highest BCUT2D eigenvalue weighted by atomic mass is 16.5. The van der Waals surface area contributed by atoms with Crippen molar-refractivity contribution in [1.82, 2.24) is 0 Å². The van der Waals surface area contributed by atoms with Gasteiger partial charge in [0.05, 0.1) is 0 Å². The van der Waals surface area contributed by atoms with E-state index < -0.39 is 5.97 Å². The molecule has 0 heterocycles. The van der Waals surface area contributed by atoms with Gasteiger partial charge in [0.1, 0.15) is 6.10 Å². The molecule has 4 heteroatoms. The van der Waals surface area contributed by atoms with Crippen molar-refractivity contribution in [2.24, 2.45) is 5.92 Å². The van der Waals surface area contributed by atoms with E-state index in [0.29, 0.717) is 12.8 Å². The number of hydrogen-bond acceptors (Lipinski definition) is 3. The molecule has 0 aliphatic rings. The first-order valence-corrected chi connectivity index (χ1v) is 17.9. The summed E-state index contributed by atoms with van der Waals surface area (Å²) < 4.78 is 5.95. The lowest BCUT2D eigenvalue weighted by Gasteiger charge is -2.18. The number of unbranched alkanes of at least 4 members (excludes halogenated alkanes) is 21.